The molecule has 0 saturated heterocycles. The van der Waals surface area contributed by atoms with Gasteiger partial charge in [-0.1, -0.05) is 73.4 Å². The minimum Gasteiger partial charge on any atom is -0.342 e. The van der Waals surface area contributed by atoms with E-state index in [0.717, 1.165) is 35.9 Å². The van der Waals surface area contributed by atoms with Crippen LogP contribution < -0.4 is 10.6 Å². The molecule has 1 aromatic heterocycles. The second-order valence-electron chi connectivity index (χ2n) is 7.19. The van der Waals surface area contributed by atoms with E-state index < -0.39 is 0 Å². The van der Waals surface area contributed by atoms with Crippen molar-refractivity contribution in [2.24, 2.45) is 11.7 Å². The highest BCUT2D eigenvalue weighted by Gasteiger charge is 2.19. The van der Waals surface area contributed by atoms with Crippen LogP contribution in [0, 0.1) is 5.92 Å². The van der Waals surface area contributed by atoms with Crippen molar-refractivity contribution in [3.05, 3.63) is 69.0 Å². The first-order valence-electron chi connectivity index (χ1n) is 9.42. The summed E-state index contributed by atoms with van der Waals surface area (Å²) in [6.07, 6.45) is 0.967. The molecule has 0 aliphatic carbocycles. The van der Waals surface area contributed by atoms with Gasteiger partial charge in [0.05, 0.1) is 15.7 Å². The van der Waals surface area contributed by atoms with Crippen molar-refractivity contribution in [3.8, 4) is 11.3 Å². The Balaban J connectivity index is 1.99. The normalized spacial score (nSPS) is 11.2. The molecule has 2 aromatic carbocycles. The van der Waals surface area contributed by atoms with Crippen LogP contribution in [-0.2, 0) is 13.0 Å². The van der Waals surface area contributed by atoms with Gasteiger partial charge in [-0.25, -0.2) is 4.98 Å². The van der Waals surface area contributed by atoms with Gasteiger partial charge in [0.15, 0.2) is 5.13 Å². The lowest BCUT2D eigenvalue weighted by Crippen LogP contribution is -2.28. The van der Waals surface area contributed by atoms with Gasteiger partial charge in [-0.05, 0) is 30.0 Å². The molecule has 28 heavy (non-hydrogen) atoms. The number of anilines is 1. The first-order chi connectivity index (χ1) is 13.5. The van der Waals surface area contributed by atoms with Crippen LogP contribution >= 0.6 is 34.5 Å². The number of nitrogens with zero attached hydrogens (tertiary/aromatic N) is 2. The second-order valence-corrected chi connectivity index (χ2v) is 9.07. The van der Waals surface area contributed by atoms with Crippen molar-refractivity contribution in [2.75, 3.05) is 18.0 Å². The van der Waals surface area contributed by atoms with Crippen LogP contribution in [-0.4, -0.2) is 18.1 Å². The lowest BCUT2D eigenvalue weighted by atomic mass is 10.0. The van der Waals surface area contributed by atoms with Crippen molar-refractivity contribution < 1.29 is 0 Å². The third-order valence-corrected chi connectivity index (χ3v) is 6.24. The zero-order chi connectivity index (χ0) is 20.1. The van der Waals surface area contributed by atoms with Gasteiger partial charge in [-0.3, -0.25) is 0 Å². The van der Waals surface area contributed by atoms with E-state index in [1.54, 1.807) is 11.3 Å². The summed E-state index contributed by atoms with van der Waals surface area (Å²) < 4.78 is 0. The average molecular weight is 434 g/mol. The lowest BCUT2D eigenvalue weighted by Gasteiger charge is -2.21. The smallest absolute Gasteiger partial charge is 0.186 e. The number of halogens is 2. The standard InChI is InChI=1S/C22H25Cl2N3S/c1-15(2)12-20-21(17-8-9-18(23)19(24)13-17)26-22(28-20)27(11-10-25)14-16-6-4-3-5-7-16/h3-9,13,15H,10-12,14,25H2,1-2H3. The highest BCUT2D eigenvalue weighted by atomic mass is 35.5. The molecule has 6 heteroatoms. The van der Waals surface area contributed by atoms with Crippen LogP contribution in [0.3, 0.4) is 0 Å². The summed E-state index contributed by atoms with van der Waals surface area (Å²) in [5.41, 5.74) is 9.13. The molecule has 0 radical (unpaired) electrons. The fraction of sp³-hybridized carbons (Fsp3) is 0.318. The molecule has 0 unspecified atom stereocenters. The Labute approximate surface area is 181 Å². The molecule has 2 N–H and O–H groups in total. The van der Waals surface area contributed by atoms with Crippen molar-refractivity contribution in [1.82, 2.24) is 4.98 Å². The first kappa shape index (κ1) is 21.1. The van der Waals surface area contributed by atoms with Gasteiger partial charge in [0.25, 0.3) is 0 Å². The predicted octanol–water partition coefficient (Wildman–Crippen LogP) is 6.28. The van der Waals surface area contributed by atoms with Crippen molar-refractivity contribution in [3.63, 3.8) is 0 Å². The Kier molecular flexibility index (Phi) is 7.36. The molecule has 148 valence electrons. The highest BCUT2D eigenvalue weighted by molar-refractivity contribution is 7.16. The van der Waals surface area contributed by atoms with E-state index in [9.17, 15) is 0 Å². The molecule has 3 nitrogen and oxygen atoms in total. The Morgan fingerprint density at radius 3 is 2.46 bits per heavy atom. The molecule has 0 saturated carbocycles. The molecule has 0 amide bonds. The Morgan fingerprint density at radius 2 is 1.82 bits per heavy atom. The van der Waals surface area contributed by atoms with E-state index in [4.69, 9.17) is 33.9 Å². The topological polar surface area (TPSA) is 42.1 Å². The summed E-state index contributed by atoms with van der Waals surface area (Å²) in [4.78, 5) is 8.52. The minimum absolute atomic E-state index is 0.534. The maximum atomic E-state index is 6.26. The molecule has 0 fully saturated rings. The molecule has 1 heterocycles. The van der Waals surface area contributed by atoms with Crippen molar-refractivity contribution in [1.29, 1.82) is 0 Å². The van der Waals surface area contributed by atoms with Gasteiger partial charge in [0.2, 0.25) is 0 Å². The van der Waals surface area contributed by atoms with Crippen LogP contribution in [0.1, 0.15) is 24.3 Å². The summed E-state index contributed by atoms with van der Waals surface area (Å²) >= 11 is 14.1. The van der Waals surface area contributed by atoms with Gasteiger partial charge < -0.3 is 10.6 Å². The second kappa shape index (κ2) is 9.75. The summed E-state index contributed by atoms with van der Waals surface area (Å²) in [7, 11) is 0. The summed E-state index contributed by atoms with van der Waals surface area (Å²) in [6, 6.07) is 16.1. The first-order valence-corrected chi connectivity index (χ1v) is 11.0. The summed E-state index contributed by atoms with van der Waals surface area (Å²) in [5, 5.41) is 2.10. The average Bonchev–Trinajstić information content (AvgIpc) is 3.07. The zero-order valence-corrected chi connectivity index (χ0v) is 18.5. The minimum atomic E-state index is 0.534. The molecular formula is C22H25Cl2N3S. The van der Waals surface area contributed by atoms with Gasteiger partial charge in [-0.2, -0.15) is 0 Å². The molecule has 0 atom stereocenters. The van der Waals surface area contributed by atoms with Crippen LogP contribution in [0.4, 0.5) is 5.13 Å². The van der Waals surface area contributed by atoms with Gasteiger partial charge in [0, 0.05) is 30.1 Å². The maximum Gasteiger partial charge on any atom is 0.186 e. The Morgan fingerprint density at radius 1 is 1.07 bits per heavy atom. The fourth-order valence-corrected chi connectivity index (χ4v) is 4.67. The largest absolute Gasteiger partial charge is 0.342 e. The maximum absolute atomic E-state index is 6.26. The number of hydrogen-bond acceptors (Lipinski definition) is 4. The van der Waals surface area contributed by atoms with E-state index >= 15 is 0 Å². The number of hydrogen-bond donors (Lipinski definition) is 1. The van der Waals surface area contributed by atoms with Gasteiger partial charge in [0.1, 0.15) is 0 Å². The fourth-order valence-electron chi connectivity index (χ4n) is 3.05. The number of benzene rings is 2. The SMILES string of the molecule is CC(C)Cc1sc(N(CCN)Cc2ccccc2)nc1-c1ccc(Cl)c(Cl)c1. The number of rotatable bonds is 8. The Bertz CT molecular complexity index is 909. The van der Waals surface area contributed by atoms with E-state index in [1.165, 1.54) is 10.4 Å². The molecular weight excluding hydrogens is 409 g/mol. The highest BCUT2D eigenvalue weighted by Crippen LogP contribution is 2.37. The monoisotopic (exact) mass is 433 g/mol. The third-order valence-electron chi connectivity index (χ3n) is 4.36. The van der Waals surface area contributed by atoms with Gasteiger partial charge in [-0.15, -0.1) is 11.3 Å². The summed E-state index contributed by atoms with van der Waals surface area (Å²) in [6.45, 7) is 6.56. The number of thiazole rings is 1. The lowest BCUT2D eigenvalue weighted by molar-refractivity contribution is 0.654. The third kappa shape index (κ3) is 5.26. The van der Waals surface area contributed by atoms with Crippen molar-refractivity contribution in [2.45, 2.75) is 26.8 Å². The molecule has 0 spiro atoms. The van der Waals surface area contributed by atoms with Crippen LogP contribution in [0.2, 0.25) is 10.0 Å². The van der Waals surface area contributed by atoms with E-state index in [2.05, 4.69) is 43.0 Å². The zero-order valence-electron chi connectivity index (χ0n) is 16.2. The predicted molar refractivity (Wildman–Crippen MR) is 123 cm³/mol. The molecule has 3 rings (SSSR count). The van der Waals surface area contributed by atoms with E-state index in [1.807, 2.05) is 24.3 Å². The molecule has 3 aromatic rings. The van der Waals surface area contributed by atoms with Crippen molar-refractivity contribution >= 4 is 39.7 Å². The van der Waals surface area contributed by atoms with Crippen LogP contribution in [0.25, 0.3) is 11.3 Å². The van der Waals surface area contributed by atoms with E-state index in [0.29, 0.717) is 22.5 Å². The Hall–Kier alpha value is -1.59. The molecule has 0 aliphatic heterocycles. The van der Waals surface area contributed by atoms with Gasteiger partial charge >= 0.3 is 0 Å². The number of aromatic nitrogens is 1. The molecule has 0 bridgehead atoms. The molecule has 0 aliphatic rings. The summed E-state index contributed by atoms with van der Waals surface area (Å²) in [5.74, 6) is 0.534. The van der Waals surface area contributed by atoms with Crippen LogP contribution in [0.5, 0.6) is 0 Å². The number of nitrogens with two attached hydrogens (primary N) is 1. The quantitative estimate of drug-likeness (QED) is 0.454. The van der Waals surface area contributed by atoms with E-state index in [-0.39, 0.29) is 0 Å². The van der Waals surface area contributed by atoms with Crippen LogP contribution in [0.15, 0.2) is 48.5 Å².